The molecule has 23 heavy (non-hydrogen) atoms. The largest absolute Gasteiger partial charge is 0.396 e. The Morgan fingerprint density at radius 2 is 1.17 bits per heavy atom. The summed E-state index contributed by atoms with van der Waals surface area (Å²) >= 11 is 0. The first kappa shape index (κ1) is 22.2. The highest BCUT2D eigenvalue weighted by Crippen LogP contribution is 2.19. The molecule has 2 atom stereocenters. The van der Waals surface area contributed by atoms with E-state index in [0.717, 1.165) is 0 Å². The fourth-order valence-electron chi connectivity index (χ4n) is 1.38. The van der Waals surface area contributed by atoms with Crippen LogP contribution >= 0.6 is 0 Å². The number of hydrogen-bond acceptors (Lipinski definition) is 9. The number of aliphatic hydroxyl groups excluding tert-OH is 2. The Morgan fingerprint density at radius 1 is 0.826 bits per heavy atom. The Kier molecular flexibility index (Phi) is 10.5. The smallest absolute Gasteiger partial charge is 0.295 e. The molecule has 0 rings (SSSR count). The number of aliphatic hydroxyl groups is 2. The fourth-order valence-corrected chi connectivity index (χ4v) is 3.65. The number of rotatable bonds is 14. The zero-order valence-electron chi connectivity index (χ0n) is 12.5. The van der Waals surface area contributed by atoms with Gasteiger partial charge in [0.15, 0.2) is 10.9 Å². The van der Waals surface area contributed by atoms with Crippen molar-refractivity contribution in [3.8, 4) is 0 Å². The molecule has 0 spiro atoms. The standard InChI is InChI=1S/C12H22O9S2/c1-3-9-19-22(15,16)11(5-7-13)21-12(6-8-14)23(17,18)20-10-4-2/h3-4,11-14H,1-2,5-10H2. The molecule has 11 heteroatoms. The van der Waals surface area contributed by atoms with Gasteiger partial charge in [0.25, 0.3) is 20.2 Å². The molecular weight excluding hydrogens is 352 g/mol. The summed E-state index contributed by atoms with van der Waals surface area (Å²) < 4.78 is 61.9. The first-order valence-corrected chi connectivity index (χ1v) is 9.54. The van der Waals surface area contributed by atoms with Crippen molar-refractivity contribution in [3.63, 3.8) is 0 Å². The van der Waals surface area contributed by atoms with Crippen LogP contribution in [0.3, 0.4) is 0 Å². The molecular formula is C12H22O9S2. The van der Waals surface area contributed by atoms with Crippen LogP contribution in [0.4, 0.5) is 0 Å². The molecule has 0 radical (unpaired) electrons. The van der Waals surface area contributed by atoms with Crippen molar-refractivity contribution in [1.29, 1.82) is 0 Å². The Balaban J connectivity index is 5.31. The molecule has 0 aromatic carbocycles. The molecule has 9 nitrogen and oxygen atoms in total. The van der Waals surface area contributed by atoms with E-state index in [2.05, 4.69) is 21.5 Å². The molecule has 0 aliphatic carbocycles. The molecule has 0 aromatic rings. The average Bonchev–Trinajstić information content (AvgIpc) is 2.49. The summed E-state index contributed by atoms with van der Waals surface area (Å²) in [7, 11) is -8.63. The Labute approximate surface area is 136 Å². The molecule has 0 bridgehead atoms. The zero-order chi connectivity index (χ0) is 17.9. The Morgan fingerprint density at radius 3 is 1.43 bits per heavy atom. The van der Waals surface area contributed by atoms with Crippen LogP contribution in [0.2, 0.25) is 0 Å². The normalized spacial score (nSPS) is 15.0. The van der Waals surface area contributed by atoms with Crippen LogP contribution in [0, 0.1) is 0 Å². The van der Waals surface area contributed by atoms with E-state index in [1.165, 1.54) is 12.2 Å². The fraction of sp³-hybridized carbons (Fsp3) is 0.667. The van der Waals surface area contributed by atoms with Gasteiger partial charge in [0, 0.05) is 26.1 Å². The maximum absolute atomic E-state index is 11.9. The van der Waals surface area contributed by atoms with Crippen LogP contribution in [0.5, 0.6) is 0 Å². The summed E-state index contributed by atoms with van der Waals surface area (Å²) in [5.74, 6) is 0. The third-order valence-electron chi connectivity index (χ3n) is 2.38. The minimum atomic E-state index is -4.32. The Hall–Kier alpha value is -0.820. The molecule has 0 aliphatic rings. The van der Waals surface area contributed by atoms with Gasteiger partial charge in [-0.2, -0.15) is 16.8 Å². The first-order valence-electron chi connectivity index (χ1n) is 6.60. The monoisotopic (exact) mass is 374 g/mol. The lowest BCUT2D eigenvalue weighted by Crippen LogP contribution is -2.37. The van der Waals surface area contributed by atoms with Gasteiger partial charge in [-0.3, -0.25) is 8.37 Å². The third-order valence-corrected chi connectivity index (χ3v) is 5.29. The minimum Gasteiger partial charge on any atom is -0.396 e. The number of hydrogen-bond donors (Lipinski definition) is 2. The summed E-state index contributed by atoms with van der Waals surface area (Å²) in [4.78, 5) is 0. The van der Waals surface area contributed by atoms with Gasteiger partial charge in [-0.15, -0.1) is 13.2 Å². The SMILES string of the molecule is C=CCOS(=O)(=O)C(CCO)OC(CCO)S(=O)(=O)OCC=C. The molecule has 2 N–H and O–H groups in total. The summed E-state index contributed by atoms with van der Waals surface area (Å²) in [6, 6.07) is 0. The lowest BCUT2D eigenvalue weighted by atomic mass is 10.4. The van der Waals surface area contributed by atoms with Crippen molar-refractivity contribution < 1.29 is 40.2 Å². The second-order valence-electron chi connectivity index (χ2n) is 4.15. The van der Waals surface area contributed by atoms with Gasteiger partial charge < -0.3 is 14.9 Å². The van der Waals surface area contributed by atoms with Gasteiger partial charge in [0.2, 0.25) is 0 Å². The highest BCUT2D eigenvalue weighted by molar-refractivity contribution is 7.88. The van der Waals surface area contributed by atoms with Gasteiger partial charge in [-0.1, -0.05) is 12.2 Å². The predicted octanol–water partition coefficient (Wildman–Crippen LogP) is -0.515. The molecule has 0 saturated heterocycles. The van der Waals surface area contributed by atoms with Crippen molar-refractivity contribution in [2.24, 2.45) is 0 Å². The van der Waals surface area contributed by atoms with Gasteiger partial charge in [-0.25, -0.2) is 0 Å². The van der Waals surface area contributed by atoms with E-state index in [4.69, 9.17) is 14.9 Å². The van der Waals surface area contributed by atoms with Crippen LogP contribution in [-0.4, -0.2) is 64.3 Å². The van der Waals surface area contributed by atoms with E-state index in [1.807, 2.05) is 0 Å². The summed E-state index contributed by atoms with van der Waals surface area (Å²) in [6.07, 6.45) is 1.53. The van der Waals surface area contributed by atoms with Crippen molar-refractivity contribution in [3.05, 3.63) is 25.3 Å². The highest BCUT2D eigenvalue weighted by atomic mass is 32.2. The molecule has 0 fully saturated rings. The maximum atomic E-state index is 11.9. The second-order valence-corrected chi connectivity index (χ2v) is 7.65. The topological polar surface area (TPSA) is 136 Å². The Bertz CT molecular complexity index is 503. The molecule has 0 saturated carbocycles. The summed E-state index contributed by atoms with van der Waals surface area (Å²) in [5, 5.41) is 17.9. The highest BCUT2D eigenvalue weighted by Gasteiger charge is 2.35. The van der Waals surface area contributed by atoms with Crippen molar-refractivity contribution in [2.75, 3.05) is 26.4 Å². The molecule has 136 valence electrons. The lowest BCUT2D eigenvalue weighted by Gasteiger charge is -2.23. The predicted molar refractivity (Wildman–Crippen MR) is 82.2 cm³/mol. The number of ether oxygens (including phenoxy) is 1. The van der Waals surface area contributed by atoms with Gasteiger partial charge in [0.05, 0.1) is 13.2 Å². The maximum Gasteiger partial charge on any atom is 0.295 e. The molecule has 0 aliphatic heterocycles. The van der Waals surface area contributed by atoms with E-state index < -0.39 is 57.2 Å². The lowest BCUT2D eigenvalue weighted by molar-refractivity contribution is 0.0364. The van der Waals surface area contributed by atoms with E-state index in [9.17, 15) is 16.8 Å². The van der Waals surface area contributed by atoms with Crippen LogP contribution < -0.4 is 0 Å². The quantitative estimate of drug-likeness (QED) is 0.304. The van der Waals surface area contributed by atoms with Crippen LogP contribution in [0.25, 0.3) is 0 Å². The third kappa shape index (κ3) is 8.01. The summed E-state index contributed by atoms with van der Waals surface area (Å²) in [6.45, 7) is 4.75. The van der Waals surface area contributed by atoms with Gasteiger partial charge in [-0.05, 0) is 0 Å². The van der Waals surface area contributed by atoms with Crippen LogP contribution in [0.15, 0.2) is 25.3 Å². The molecule has 0 aromatic heterocycles. The molecule has 0 heterocycles. The van der Waals surface area contributed by atoms with Gasteiger partial charge in [0.1, 0.15) is 0 Å². The van der Waals surface area contributed by atoms with Gasteiger partial charge >= 0.3 is 0 Å². The van der Waals surface area contributed by atoms with E-state index in [1.54, 1.807) is 0 Å². The molecule has 0 amide bonds. The second kappa shape index (κ2) is 10.9. The van der Waals surface area contributed by atoms with Crippen molar-refractivity contribution >= 4 is 20.2 Å². The minimum absolute atomic E-state index is 0.335. The van der Waals surface area contributed by atoms with Crippen molar-refractivity contribution in [2.45, 2.75) is 23.7 Å². The van der Waals surface area contributed by atoms with E-state index >= 15 is 0 Å². The van der Waals surface area contributed by atoms with E-state index in [-0.39, 0.29) is 13.2 Å². The first-order chi connectivity index (χ1) is 10.7. The van der Waals surface area contributed by atoms with Crippen LogP contribution in [0.1, 0.15) is 12.8 Å². The van der Waals surface area contributed by atoms with E-state index in [0.29, 0.717) is 0 Å². The summed E-state index contributed by atoms with van der Waals surface area (Å²) in [5.41, 5.74) is -3.49. The average molecular weight is 374 g/mol. The zero-order valence-corrected chi connectivity index (χ0v) is 14.2. The van der Waals surface area contributed by atoms with Crippen molar-refractivity contribution in [1.82, 2.24) is 0 Å². The van der Waals surface area contributed by atoms with Crippen LogP contribution in [-0.2, 0) is 33.3 Å². The molecule has 2 unspecified atom stereocenters.